The number of phenols is 1. The van der Waals surface area contributed by atoms with E-state index < -0.39 is 0 Å². The third kappa shape index (κ3) is 3.50. The Morgan fingerprint density at radius 3 is 2.90 bits per heavy atom. The smallest absolute Gasteiger partial charge is 0.213 e. The van der Waals surface area contributed by atoms with Gasteiger partial charge >= 0.3 is 0 Å². The maximum Gasteiger partial charge on any atom is 0.213 e. The molecule has 0 saturated heterocycles. The van der Waals surface area contributed by atoms with Gasteiger partial charge in [0.25, 0.3) is 0 Å². The number of aromatic hydroxyl groups is 1. The van der Waals surface area contributed by atoms with Crippen molar-refractivity contribution < 1.29 is 14.6 Å². The highest BCUT2D eigenvalue weighted by Crippen LogP contribution is 2.28. The van der Waals surface area contributed by atoms with Crippen molar-refractivity contribution in [2.45, 2.75) is 6.92 Å². The molecule has 0 aliphatic rings. The number of hydrogen-bond acceptors (Lipinski definition) is 5. The summed E-state index contributed by atoms with van der Waals surface area (Å²) in [5, 5.41) is 20.6. The molecule has 0 radical (unpaired) electrons. The summed E-state index contributed by atoms with van der Waals surface area (Å²) >= 11 is 1.29. The molecule has 2 rings (SSSR count). The lowest BCUT2D eigenvalue weighted by atomic mass is 10.1. The van der Waals surface area contributed by atoms with Gasteiger partial charge in [-0.05, 0) is 42.1 Å². The minimum atomic E-state index is -0.307. The molecule has 0 bridgehead atoms. The van der Waals surface area contributed by atoms with Gasteiger partial charge < -0.3 is 9.84 Å². The second-order valence-corrected chi connectivity index (χ2v) is 5.08. The predicted octanol–water partition coefficient (Wildman–Crippen LogP) is 3.64. The van der Waals surface area contributed by atoms with Gasteiger partial charge in [-0.25, -0.2) is 0 Å². The van der Waals surface area contributed by atoms with Crippen LogP contribution in [0.15, 0.2) is 41.3 Å². The Hall–Kier alpha value is -2.58. The van der Waals surface area contributed by atoms with Gasteiger partial charge in [-0.15, -0.1) is 11.3 Å². The van der Waals surface area contributed by atoms with Gasteiger partial charge in [-0.1, -0.05) is 12.1 Å². The van der Waals surface area contributed by atoms with Gasteiger partial charge in [0.15, 0.2) is 11.5 Å². The Bertz CT molecular complexity index is 712. The third-order valence-corrected chi connectivity index (χ3v) is 3.57. The maximum atomic E-state index is 12.2. The molecule has 0 atom stereocenters. The van der Waals surface area contributed by atoms with E-state index in [0.717, 1.165) is 0 Å². The summed E-state index contributed by atoms with van der Waals surface area (Å²) in [5.41, 5.74) is 0.670. The van der Waals surface area contributed by atoms with Gasteiger partial charge in [-0.3, -0.25) is 4.79 Å². The standard InChI is InChI=1S/C16H13NO3S/c1-2-20-14-9-11(5-6-13(14)18)8-12(10-17)16(19)15-4-3-7-21-15/h3-9,18H,2H2,1H3/b12-8+. The first-order valence-corrected chi connectivity index (χ1v) is 7.19. The summed E-state index contributed by atoms with van der Waals surface area (Å²) in [5.74, 6) is 0.0442. The normalized spacial score (nSPS) is 11.0. The molecule has 5 heteroatoms. The molecule has 21 heavy (non-hydrogen) atoms. The largest absolute Gasteiger partial charge is 0.504 e. The molecule has 1 N–H and O–H groups in total. The zero-order valence-corrected chi connectivity index (χ0v) is 12.2. The second kappa shape index (κ2) is 6.73. The fraction of sp³-hybridized carbons (Fsp3) is 0.125. The Labute approximate surface area is 126 Å². The summed E-state index contributed by atoms with van der Waals surface area (Å²) in [4.78, 5) is 12.7. The van der Waals surface area contributed by atoms with Crippen LogP contribution in [0.4, 0.5) is 0 Å². The van der Waals surface area contributed by atoms with Crippen LogP contribution in [-0.2, 0) is 0 Å². The first-order chi connectivity index (χ1) is 10.2. The fourth-order valence-electron chi connectivity index (χ4n) is 1.75. The number of hydrogen-bond donors (Lipinski definition) is 1. The number of ketones is 1. The number of Topliss-reactive ketones (excluding diaryl/α,β-unsaturated/α-hetero) is 1. The molecular formula is C16H13NO3S. The molecule has 1 aromatic carbocycles. The Morgan fingerprint density at radius 2 is 2.29 bits per heavy atom. The molecular weight excluding hydrogens is 286 g/mol. The van der Waals surface area contributed by atoms with E-state index in [4.69, 9.17) is 10.00 Å². The van der Waals surface area contributed by atoms with E-state index in [9.17, 15) is 9.90 Å². The van der Waals surface area contributed by atoms with Crippen LogP contribution < -0.4 is 4.74 Å². The highest BCUT2D eigenvalue weighted by atomic mass is 32.1. The minimum absolute atomic E-state index is 0.0251. The van der Waals surface area contributed by atoms with Gasteiger partial charge in [0.2, 0.25) is 5.78 Å². The lowest BCUT2D eigenvalue weighted by molar-refractivity contribution is 0.104. The van der Waals surface area contributed by atoms with Crippen LogP contribution in [0.2, 0.25) is 0 Å². The fourth-order valence-corrected chi connectivity index (χ4v) is 2.43. The molecule has 1 aromatic heterocycles. The number of nitrogens with zero attached hydrogens (tertiary/aromatic N) is 1. The molecule has 0 amide bonds. The van der Waals surface area contributed by atoms with Crippen molar-refractivity contribution >= 4 is 23.2 Å². The van der Waals surface area contributed by atoms with E-state index in [0.29, 0.717) is 22.8 Å². The van der Waals surface area contributed by atoms with Crippen molar-refractivity contribution in [2.75, 3.05) is 6.61 Å². The number of nitriles is 1. The van der Waals surface area contributed by atoms with Crippen molar-refractivity contribution in [1.82, 2.24) is 0 Å². The summed E-state index contributed by atoms with van der Waals surface area (Å²) in [6.07, 6.45) is 1.49. The molecule has 0 unspecified atom stereocenters. The summed E-state index contributed by atoms with van der Waals surface area (Å²) in [6.45, 7) is 2.23. The molecule has 106 valence electrons. The van der Waals surface area contributed by atoms with E-state index in [1.54, 1.807) is 29.6 Å². The molecule has 0 spiro atoms. The first kappa shape index (κ1) is 14.8. The molecule has 2 aromatic rings. The van der Waals surface area contributed by atoms with E-state index in [1.165, 1.54) is 23.5 Å². The van der Waals surface area contributed by atoms with E-state index in [1.807, 2.05) is 13.0 Å². The van der Waals surface area contributed by atoms with Gasteiger partial charge in [0, 0.05) is 0 Å². The number of phenolic OH excluding ortho intramolecular Hbond substituents is 1. The summed E-state index contributed by atoms with van der Waals surface area (Å²) < 4.78 is 5.28. The van der Waals surface area contributed by atoms with E-state index >= 15 is 0 Å². The zero-order valence-electron chi connectivity index (χ0n) is 11.4. The Balaban J connectivity index is 2.34. The Kier molecular flexibility index (Phi) is 4.75. The highest BCUT2D eigenvalue weighted by Gasteiger charge is 2.13. The highest BCUT2D eigenvalue weighted by molar-refractivity contribution is 7.12. The third-order valence-electron chi connectivity index (χ3n) is 2.70. The van der Waals surface area contributed by atoms with Gasteiger partial charge in [0.05, 0.1) is 11.5 Å². The summed E-state index contributed by atoms with van der Waals surface area (Å²) in [7, 11) is 0. The quantitative estimate of drug-likeness (QED) is 0.520. The zero-order chi connectivity index (χ0) is 15.2. The molecule has 0 aliphatic heterocycles. The number of allylic oxidation sites excluding steroid dienone is 1. The number of carbonyl (C=O) groups excluding carboxylic acids is 1. The lowest BCUT2D eigenvalue weighted by Crippen LogP contribution is -1.99. The average molecular weight is 299 g/mol. The Morgan fingerprint density at radius 1 is 1.48 bits per heavy atom. The number of thiophene rings is 1. The van der Waals surface area contributed by atoms with Crippen LogP contribution in [0, 0.1) is 11.3 Å². The van der Waals surface area contributed by atoms with Crippen LogP contribution in [0.1, 0.15) is 22.2 Å². The molecule has 4 nitrogen and oxygen atoms in total. The maximum absolute atomic E-state index is 12.2. The van der Waals surface area contributed by atoms with Crippen LogP contribution in [0.5, 0.6) is 11.5 Å². The number of ether oxygens (including phenoxy) is 1. The van der Waals surface area contributed by atoms with Crippen molar-refractivity contribution in [3.8, 4) is 17.6 Å². The molecule has 0 saturated carbocycles. The number of rotatable bonds is 5. The van der Waals surface area contributed by atoms with Gasteiger partial charge in [0.1, 0.15) is 11.6 Å². The van der Waals surface area contributed by atoms with E-state index in [2.05, 4.69) is 0 Å². The van der Waals surface area contributed by atoms with Gasteiger partial charge in [-0.2, -0.15) is 5.26 Å². The second-order valence-electron chi connectivity index (χ2n) is 4.14. The molecule has 0 aliphatic carbocycles. The molecule has 0 fully saturated rings. The first-order valence-electron chi connectivity index (χ1n) is 6.31. The van der Waals surface area contributed by atoms with E-state index in [-0.39, 0.29) is 17.1 Å². The average Bonchev–Trinajstić information content (AvgIpc) is 3.01. The number of benzene rings is 1. The number of carbonyl (C=O) groups is 1. The predicted molar refractivity (Wildman–Crippen MR) is 81.5 cm³/mol. The molecule has 1 heterocycles. The lowest BCUT2D eigenvalue weighted by Gasteiger charge is -2.06. The topological polar surface area (TPSA) is 70.3 Å². The van der Waals surface area contributed by atoms with Crippen molar-refractivity contribution in [2.24, 2.45) is 0 Å². The van der Waals surface area contributed by atoms with Crippen LogP contribution in [0.3, 0.4) is 0 Å². The summed E-state index contributed by atoms with van der Waals surface area (Å²) in [6, 6.07) is 10.1. The van der Waals surface area contributed by atoms with Crippen LogP contribution in [-0.4, -0.2) is 17.5 Å². The van der Waals surface area contributed by atoms with Crippen molar-refractivity contribution in [3.63, 3.8) is 0 Å². The minimum Gasteiger partial charge on any atom is -0.504 e. The van der Waals surface area contributed by atoms with Crippen LogP contribution >= 0.6 is 11.3 Å². The monoisotopic (exact) mass is 299 g/mol. The SMILES string of the molecule is CCOc1cc(/C=C(\C#N)C(=O)c2cccs2)ccc1O. The van der Waals surface area contributed by atoms with Crippen LogP contribution in [0.25, 0.3) is 6.08 Å². The van der Waals surface area contributed by atoms with Crippen molar-refractivity contribution in [3.05, 3.63) is 51.7 Å². The van der Waals surface area contributed by atoms with Crippen molar-refractivity contribution in [1.29, 1.82) is 5.26 Å².